The molecule has 0 amide bonds. The van der Waals surface area contributed by atoms with Crippen LogP contribution < -0.4 is 25.6 Å². The topological polar surface area (TPSA) is 3.24 Å². The summed E-state index contributed by atoms with van der Waals surface area (Å²) in [4.78, 5) is 2.41. The summed E-state index contributed by atoms with van der Waals surface area (Å²) in [6.07, 6.45) is 0. The number of fused-ring (bicyclic) bond motifs is 6. The van der Waals surface area contributed by atoms with E-state index < -0.39 is 8.07 Å². The molecule has 9 aromatic carbocycles. The van der Waals surface area contributed by atoms with Crippen LogP contribution in [-0.4, -0.2) is 8.07 Å². The third-order valence-corrected chi connectivity index (χ3v) is 17.9. The average Bonchev–Trinajstić information content (AvgIpc) is 3.73. The Hall–Kier alpha value is -7.00. The molecular weight excluding hydrogens is 727 g/mol. The molecule has 0 aromatic heterocycles. The van der Waals surface area contributed by atoms with E-state index in [1.54, 1.807) is 0 Å². The van der Waals surface area contributed by atoms with Gasteiger partial charge in [0.25, 0.3) is 0 Å². The maximum atomic E-state index is 2.45. The van der Waals surface area contributed by atoms with Gasteiger partial charge in [0.15, 0.2) is 8.07 Å². The fraction of sp³-hybridized carbons (Fsp3) is 0.0526. The Labute approximate surface area is 348 Å². The molecule has 1 aliphatic heterocycles. The molecule has 2 aliphatic rings. The van der Waals surface area contributed by atoms with Crippen molar-refractivity contribution in [3.63, 3.8) is 0 Å². The Morgan fingerprint density at radius 1 is 0.322 bits per heavy atom. The Balaban J connectivity index is 1.02. The maximum Gasteiger partial charge on any atom is 0.180 e. The first kappa shape index (κ1) is 35.2. The third-order valence-electron chi connectivity index (χ3n) is 13.0. The van der Waals surface area contributed by atoms with E-state index in [4.69, 9.17) is 0 Å². The van der Waals surface area contributed by atoms with Crippen molar-refractivity contribution >= 4 is 45.9 Å². The molecule has 0 spiro atoms. The van der Waals surface area contributed by atoms with Gasteiger partial charge in [0.1, 0.15) is 0 Å². The molecule has 1 nitrogen and oxygen atoms in total. The summed E-state index contributed by atoms with van der Waals surface area (Å²) in [5, 5.41) is 5.77. The summed E-state index contributed by atoms with van der Waals surface area (Å²) < 4.78 is 0. The van der Waals surface area contributed by atoms with Crippen molar-refractivity contribution in [1.82, 2.24) is 0 Å². The predicted octanol–water partition coefficient (Wildman–Crippen LogP) is 12.2. The first-order chi connectivity index (χ1) is 29.0. The number of rotatable bonds is 7. The van der Waals surface area contributed by atoms with Gasteiger partial charge in [-0.15, -0.1) is 0 Å². The number of hydrogen-bond acceptors (Lipinski definition) is 1. The Morgan fingerprint density at radius 2 is 0.780 bits per heavy atom. The highest BCUT2D eigenvalue weighted by atomic mass is 28.3. The molecule has 280 valence electrons. The fourth-order valence-corrected chi connectivity index (χ4v) is 15.3. The number of benzene rings is 9. The van der Waals surface area contributed by atoms with Crippen LogP contribution in [-0.2, 0) is 5.41 Å². The second kappa shape index (κ2) is 13.8. The van der Waals surface area contributed by atoms with Gasteiger partial charge in [-0.25, -0.2) is 0 Å². The van der Waals surface area contributed by atoms with Crippen molar-refractivity contribution in [2.24, 2.45) is 0 Å². The minimum atomic E-state index is -2.52. The first-order valence-corrected chi connectivity index (χ1v) is 22.7. The molecule has 0 radical (unpaired) electrons. The highest BCUT2D eigenvalue weighted by molar-refractivity contribution is 7.22. The van der Waals surface area contributed by atoms with Crippen LogP contribution in [0.3, 0.4) is 0 Å². The summed E-state index contributed by atoms with van der Waals surface area (Å²) in [6, 6.07) is 83.6. The van der Waals surface area contributed by atoms with Crippen molar-refractivity contribution in [1.29, 1.82) is 0 Å². The van der Waals surface area contributed by atoms with Crippen LogP contribution in [0.2, 0.25) is 0 Å². The van der Waals surface area contributed by atoms with Crippen LogP contribution in [0.4, 0.5) is 17.1 Å². The lowest BCUT2D eigenvalue weighted by Crippen LogP contribution is -2.72. The zero-order valence-electron chi connectivity index (χ0n) is 33.3. The lowest BCUT2D eigenvalue weighted by atomic mass is 9.82. The number of anilines is 3. The van der Waals surface area contributed by atoms with Crippen LogP contribution in [0.1, 0.15) is 25.0 Å². The van der Waals surface area contributed by atoms with Gasteiger partial charge in [0.2, 0.25) is 0 Å². The van der Waals surface area contributed by atoms with Gasteiger partial charge < -0.3 is 4.90 Å². The smallest absolute Gasteiger partial charge is 0.180 e. The lowest BCUT2D eigenvalue weighted by Gasteiger charge is -2.31. The molecule has 0 bridgehead atoms. The molecule has 9 aromatic rings. The summed E-state index contributed by atoms with van der Waals surface area (Å²) in [6.45, 7) is 4.72. The zero-order chi connectivity index (χ0) is 39.6. The molecule has 1 heterocycles. The minimum absolute atomic E-state index is 0.0950. The molecule has 0 atom stereocenters. The van der Waals surface area contributed by atoms with E-state index in [9.17, 15) is 0 Å². The van der Waals surface area contributed by atoms with E-state index in [-0.39, 0.29) is 5.41 Å². The molecular formula is C57H43NSi. The fourth-order valence-electron chi connectivity index (χ4n) is 10.1. The van der Waals surface area contributed by atoms with Crippen LogP contribution in [0, 0.1) is 0 Å². The summed E-state index contributed by atoms with van der Waals surface area (Å²) in [5.74, 6) is 0. The van der Waals surface area contributed by atoms with Crippen LogP contribution >= 0.6 is 0 Å². The van der Waals surface area contributed by atoms with Gasteiger partial charge in [0, 0.05) is 22.5 Å². The van der Waals surface area contributed by atoms with Crippen LogP contribution in [0.5, 0.6) is 0 Å². The van der Waals surface area contributed by atoms with E-state index in [0.717, 1.165) is 17.1 Å². The monoisotopic (exact) mass is 769 g/mol. The summed E-state index contributed by atoms with van der Waals surface area (Å²) >= 11 is 0. The van der Waals surface area contributed by atoms with Gasteiger partial charge in [-0.2, -0.15) is 0 Å². The molecule has 0 N–H and O–H groups in total. The molecule has 0 unspecified atom stereocenters. The Kier molecular flexibility index (Phi) is 8.25. The first-order valence-electron chi connectivity index (χ1n) is 20.7. The number of hydrogen-bond donors (Lipinski definition) is 0. The van der Waals surface area contributed by atoms with E-state index in [2.05, 4.69) is 243 Å². The SMILES string of the molecule is CC1(C)c2ccccc2-c2ccc(N(c3ccc(-c4ccccc4)cc3)c3ccc(-c4ccc5c(c4)-c4ccccc4[Si]5(c4ccccc4)c4ccccc4)cc3)cc21. The lowest BCUT2D eigenvalue weighted by molar-refractivity contribution is 0.660. The Morgan fingerprint density at radius 3 is 1.42 bits per heavy atom. The van der Waals surface area contributed by atoms with Crippen molar-refractivity contribution in [2.75, 3.05) is 4.90 Å². The van der Waals surface area contributed by atoms with E-state index in [1.165, 1.54) is 76.4 Å². The predicted molar refractivity (Wildman–Crippen MR) is 252 cm³/mol. The Bertz CT molecular complexity index is 2950. The largest absolute Gasteiger partial charge is 0.310 e. The van der Waals surface area contributed by atoms with Crippen molar-refractivity contribution < 1.29 is 0 Å². The van der Waals surface area contributed by atoms with Crippen LogP contribution in [0.15, 0.2) is 224 Å². The molecule has 59 heavy (non-hydrogen) atoms. The van der Waals surface area contributed by atoms with Gasteiger partial charge in [-0.3, -0.25) is 0 Å². The van der Waals surface area contributed by atoms with Crippen LogP contribution in [0.25, 0.3) is 44.5 Å². The van der Waals surface area contributed by atoms with E-state index in [0.29, 0.717) is 0 Å². The average molecular weight is 770 g/mol. The standard InChI is InChI=1S/C57H43NSi/c1-57(2)53-24-14-12-22-49(53)50-36-35-46(39-54(50)57)58(44-31-26-41(27-32-44)40-16-6-3-7-17-40)45-33-28-42(29-34-45)43-30-37-56-52(38-43)51-23-13-15-25-55(51)59(56,47-18-8-4-9-19-47)48-20-10-5-11-21-48/h3-39H,1-2H3. The maximum absolute atomic E-state index is 2.52. The van der Waals surface area contributed by atoms with Gasteiger partial charge in [0.05, 0.1) is 0 Å². The third kappa shape index (κ3) is 5.51. The van der Waals surface area contributed by atoms with E-state index >= 15 is 0 Å². The second-order valence-electron chi connectivity index (χ2n) is 16.5. The van der Waals surface area contributed by atoms with Crippen molar-refractivity contribution in [3.8, 4) is 44.5 Å². The van der Waals surface area contributed by atoms with Gasteiger partial charge in [-0.1, -0.05) is 196 Å². The molecule has 1 aliphatic carbocycles. The zero-order valence-corrected chi connectivity index (χ0v) is 34.3. The summed E-state index contributed by atoms with van der Waals surface area (Å²) in [7, 11) is -2.52. The normalized spacial score (nSPS) is 13.9. The highest BCUT2D eigenvalue weighted by Crippen LogP contribution is 2.50. The quantitative estimate of drug-likeness (QED) is 0.146. The summed E-state index contributed by atoms with van der Waals surface area (Å²) in [5.41, 5.74) is 16.3. The van der Waals surface area contributed by atoms with Gasteiger partial charge >= 0.3 is 0 Å². The highest BCUT2D eigenvalue weighted by Gasteiger charge is 2.48. The molecule has 0 saturated heterocycles. The minimum Gasteiger partial charge on any atom is -0.310 e. The van der Waals surface area contributed by atoms with Gasteiger partial charge in [-0.05, 0) is 119 Å². The van der Waals surface area contributed by atoms with Crippen molar-refractivity contribution in [3.05, 3.63) is 236 Å². The van der Waals surface area contributed by atoms with Crippen molar-refractivity contribution in [2.45, 2.75) is 19.3 Å². The molecule has 11 rings (SSSR count). The molecule has 2 heteroatoms. The number of nitrogens with zero attached hydrogens (tertiary/aromatic N) is 1. The molecule has 0 fully saturated rings. The second-order valence-corrected chi connectivity index (χ2v) is 20.2. The van der Waals surface area contributed by atoms with E-state index in [1.807, 2.05) is 0 Å². The molecule has 0 saturated carbocycles.